The summed E-state index contributed by atoms with van der Waals surface area (Å²) in [6, 6.07) is 3.37. The Bertz CT molecular complexity index is 564. The van der Waals surface area contributed by atoms with Crippen molar-refractivity contribution in [2.45, 2.75) is 39.5 Å². The Kier molecular flexibility index (Phi) is 10.8. The van der Waals surface area contributed by atoms with Gasteiger partial charge in [-0.2, -0.15) is 0 Å². The number of nitrogens with one attached hydrogen (secondary N) is 2. The van der Waals surface area contributed by atoms with E-state index in [1.165, 1.54) is 0 Å². The highest BCUT2D eigenvalue weighted by molar-refractivity contribution is 6.32. The SMILES string of the molecule is CCCCOc1c(Cl)cc(C(=O)NCC2CCCNC2)cc1OCC.Cl. The number of hydrogen-bond donors (Lipinski definition) is 2. The summed E-state index contributed by atoms with van der Waals surface area (Å²) >= 11 is 6.35. The molecule has 0 radical (unpaired) electrons. The lowest BCUT2D eigenvalue weighted by Crippen LogP contribution is -2.38. The van der Waals surface area contributed by atoms with E-state index in [0.717, 1.165) is 38.8 Å². The highest BCUT2D eigenvalue weighted by Crippen LogP contribution is 2.37. The maximum absolute atomic E-state index is 12.5. The van der Waals surface area contributed by atoms with Crippen molar-refractivity contribution < 1.29 is 14.3 Å². The van der Waals surface area contributed by atoms with E-state index in [1.807, 2.05) is 6.92 Å². The van der Waals surface area contributed by atoms with Gasteiger partial charge in [-0.15, -0.1) is 12.4 Å². The van der Waals surface area contributed by atoms with Gasteiger partial charge in [-0.1, -0.05) is 24.9 Å². The molecule has 1 aromatic rings. The zero-order valence-corrected chi connectivity index (χ0v) is 17.2. The second-order valence-corrected chi connectivity index (χ2v) is 6.75. The standard InChI is InChI=1S/C19H29ClN2O3.ClH/c1-3-5-9-25-18-16(20)10-15(11-17(18)24-4-2)19(23)22-13-14-7-6-8-21-12-14;/h10-11,14,21H,3-9,12-13H2,1-2H3,(H,22,23);1H. The first-order valence-electron chi connectivity index (χ1n) is 9.23. The minimum Gasteiger partial charge on any atom is -0.490 e. The number of carbonyl (C=O) groups excluding carboxylic acids is 1. The van der Waals surface area contributed by atoms with Crippen LogP contribution in [-0.2, 0) is 0 Å². The topological polar surface area (TPSA) is 59.6 Å². The number of halogens is 2. The van der Waals surface area contributed by atoms with E-state index >= 15 is 0 Å². The smallest absolute Gasteiger partial charge is 0.251 e. The summed E-state index contributed by atoms with van der Waals surface area (Å²) in [5.41, 5.74) is 0.500. The summed E-state index contributed by atoms with van der Waals surface area (Å²) in [5.74, 6) is 1.39. The molecule has 1 atom stereocenters. The third kappa shape index (κ3) is 6.86. The summed E-state index contributed by atoms with van der Waals surface area (Å²) in [4.78, 5) is 12.5. The van der Waals surface area contributed by atoms with Crippen LogP contribution in [0.15, 0.2) is 12.1 Å². The molecule has 5 nitrogen and oxygen atoms in total. The van der Waals surface area contributed by atoms with Crippen molar-refractivity contribution in [3.8, 4) is 11.5 Å². The van der Waals surface area contributed by atoms with Crippen LogP contribution in [0.1, 0.15) is 49.9 Å². The van der Waals surface area contributed by atoms with Gasteiger partial charge in [-0.05, 0) is 57.3 Å². The van der Waals surface area contributed by atoms with Crippen LogP contribution in [0.4, 0.5) is 0 Å². The molecular weight excluding hydrogens is 375 g/mol. The largest absolute Gasteiger partial charge is 0.490 e. The summed E-state index contributed by atoms with van der Waals surface area (Å²) in [5, 5.41) is 6.77. The summed E-state index contributed by atoms with van der Waals surface area (Å²) < 4.78 is 11.4. The molecule has 148 valence electrons. The molecule has 2 N–H and O–H groups in total. The van der Waals surface area contributed by atoms with Crippen molar-refractivity contribution in [1.82, 2.24) is 10.6 Å². The number of carbonyl (C=O) groups is 1. The van der Waals surface area contributed by atoms with Crippen LogP contribution in [-0.4, -0.2) is 38.8 Å². The Morgan fingerprint density at radius 1 is 1.35 bits per heavy atom. The Balaban J connectivity index is 0.00000338. The van der Waals surface area contributed by atoms with E-state index in [-0.39, 0.29) is 18.3 Å². The first-order chi connectivity index (χ1) is 12.2. The maximum atomic E-state index is 12.5. The lowest BCUT2D eigenvalue weighted by Gasteiger charge is -2.23. The molecule has 1 amide bonds. The van der Waals surface area contributed by atoms with Crippen molar-refractivity contribution >= 4 is 29.9 Å². The van der Waals surface area contributed by atoms with E-state index < -0.39 is 0 Å². The lowest BCUT2D eigenvalue weighted by molar-refractivity contribution is 0.0944. The average molecular weight is 405 g/mol. The fourth-order valence-electron chi connectivity index (χ4n) is 2.86. The van der Waals surface area contributed by atoms with E-state index in [1.54, 1.807) is 12.1 Å². The minimum atomic E-state index is -0.131. The van der Waals surface area contributed by atoms with Crippen LogP contribution in [0.3, 0.4) is 0 Å². The van der Waals surface area contributed by atoms with Crippen molar-refractivity contribution in [3.63, 3.8) is 0 Å². The molecule has 0 aromatic heterocycles. The quantitative estimate of drug-likeness (QED) is 0.608. The van der Waals surface area contributed by atoms with Gasteiger partial charge >= 0.3 is 0 Å². The molecule has 1 saturated heterocycles. The number of piperidine rings is 1. The Hall–Kier alpha value is -1.17. The molecule has 1 heterocycles. The molecule has 1 aliphatic rings. The van der Waals surface area contributed by atoms with Gasteiger partial charge < -0.3 is 20.1 Å². The molecule has 0 saturated carbocycles. The second-order valence-electron chi connectivity index (χ2n) is 6.34. The van der Waals surface area contributed by atoms with Crippen molar-refractivity contribution in [2.24, 2.45) is 5.92 Å². The molecule has 0 bridgehead atoms. The molecule has 26 heavy (non-hydrogen) atoms. The number of rotatable bonds is 9. The Morgan fingerprint density at radius 3 is 2.81 bits per heavy atom. The van der Waals surface area contributed by atoms with Crippen LogP contribution in [0.25, 0.3) is 0 Å². The number of ether oxygens (including phenoxy) is 2. The predicted octanol–water partition coefficient (Wildman–Crippen LogP) is 4.07. The normalized spacial score (nSPS) is 16.5. The fraction of sp³-hybridized carbons (Fsp3) is 0.632. The van der Waals surface area contributed by atoms with E-state index in [2.05, 4.69) is 17.6 Å². The zero-order valence-electron chi connectivity index (χ0n) is 15.6. The maximum Gasteiger partial charge on any atom is 0.251 e. The van der Waals surface area contributed by atoms with Crippen LogP contribution in [0.5, 0.6) is 11.5 Å². The van der Waals surface area contributed by atoms with Gasteiger partial charge in [0.2, 0.25) is 0 Å². The summed E-state index contributed by atoms with van der Waals surface area (Å²) in [6.07, 6.45) is 4.28. The van der Waals surface area contributed by atoms with Crippen molar-refractivity contribution in [3.05, 3.63) is 22.7 Å². The lowest BCUT2D eigenvalue weighted by atomic mass is 9.99. The van der Waals surface area contributed by atoms with Crippen LogP contribution in [0, 0.1) is 5.92 Å². The van der Waals surface area contributed by atoms with Crippen molar-refractivity contribution in [2.75, 3.05) is 32.8 Å². The average Bonchev–Trinajstić information content (AvgIpc) is 2.62. The molecule has 0 aliphatic carbocycles. The third-order valence-electron chi connectivity index (χ3n) is 4.27. The number of hydrogen-bond acceptors (Lipinski definition) is 4. The minimum absolute atomic E-state index is 0. The van der Waals surface area contributed by atoms with E-state index in [9.17, 15) is 4.79 Å². The molecule has 7 heteroatoms. The van der Waals surface area contributed by atoms with E-state index in [4.69, 9.17) is 21.1 Å². The molecule has 1 unspecified atom stereocenters. The number of amides is 1. The summed E-state index contributed by atoms with van der Waals surface area (Å²) in [6.45, 7) is 7.75. The zero-order chi connectivity index (χ0) is 18.1. The first kappa shape index (κ1) is 22.9. The third-order valence-corrected chi connectivity index (χ3v) is 4.55. The Morgan fingerprint density at radius 2 is 2.15 bits per heavy atom. The summed E-state index contributed by atoms with van der Waals surface area (Å²) in [7, 11) is 0. The number of benzene rings is 1. The fourth-order valence-corrected chi connectivity index (χ4v) is 3.12. The van der Waals surface area contributed by atoms with E-state index in [0.29, 0.717) is 47.8 Å². The van der Waals surface area contributed by atoms with Gasteiger partial charge in [-0.3, -0.25) is 4.79 Å². The van der Waals surface area contributed by atoms with Gasteiger partial charge in [0.15, 0.2) is 11.5 Å². The molecule has 2 rings (SSSR count). The van der Waals surface area contributed by atoms with Gasteiger partial charge in [0, 0.05) is 12.1 Å². The second kappa shape index (κ2) is 12.3. The molecule has 1 fully saturated rings. The van der Waals surface area contributed by atoms with Crippen LogP contribution >= 0.6 is 24.0 Å². The molecule has 1 aliphatic heterocycles. The van der Waals surface area contributed by atoms with Crippen molar-refractivity contribution in [1.29, 1.82) is 0 Å². The van der Waals surface area contributed by atoms with Gasteiger partial charge in [0.05, 0.1) is 18.2 Å². The highest BCUT2D eigenvalue weighted by atomic mass is 35.5. The first-order valence-corrected chi connectivity index (χ1v) is 9.61. The predicted molar refractivity (Wildman–Crippen MR) is 108 cm³/mol. The van der Waals surface area contributed by atoms with Crippen LogP contribution in [0.2, 0.25) is 5.02 Å². The highest BCUT2D eigenvalue weighted by Gasteiger charge is 2.18. The van der Waals surface area contributed by atoms with Gasteiger partial charge in [0.25, 0.3) is 5.91 Å². The van der Waals surface area contributed by atoms with Crippen LogP contribution < -0.4 is 20.1 Å². The van der Waals surface area contributed by atoms with Gasteiger partial charge in [-0.25, -0.2) is 0 Å². The molecule has 1 aromatic carbocycles. The molecule has 0 spiro atoms. The molecular formula is C19H30Cl2N2O3. The van der Waals surface area contributed by atoms with Gasteiger partial charge in [0.1, 0.15) is 0 Å². The Labute approximate surface area is 167 Å². The monoisotopic (exact) mass is 404 g/mol. The number of unbranched alkanes of at least 4 members (excludes halogenated alkanes) is 1.